The van der Waals surface area contributed by atoms with Gasteiger partial charge in [0, 0.05) is 0 Å². The Hall–Kier alpha value is 1.06. The van der Waals surface area contributed by atoms with E-state index in [0.29, 0.717) is 4.91 Å². The summed E-state index contributed by atoms with van der Waals surface area (Å²) in [6.45, 7) is 4.59. The van der Waals surface area contributed by atoms with Gasteiger partial charge in [0.05, 0.1) is 28.6 Å². The van der Waals surface area contributed by atoms with E-state index in [1.54, 1.807) is 34.4 Å². The van der Waals surface area contributed by atoms with E-state index in [9.17, 15) is 4.79 Å². The van der Waals surface area contributed by atoms with E-state index >= 15 is 0 Å². The van der Waals surface area contributed by atoms with Gasteiger partial charge in [-0.05, 0) is 29.8 Å². The van der Waals surface area contributed by atoms with E-state index in [4.69, 9.17) is 17.0 Å². The summed E-state index contributed by atoms with van der Waals surface area (Å²) < 4.78 is 13.8. The fourth-order valence-corrected chi connectivity index (χ4v) is 17.0. The van der Waals surface area contributed by atoms with Crippen LogP contribution in [0.2, 0.25) is 0 Å². The number of carbonyl (C=O) groups excluding carboxylic acids is 1. The molecule has 0 amide bonds. The Bertz CT molecular complexity index is 1240. The van der Waals surface area contributed by atoms with E-state index in [2.05, 4.69) is 37.4 Å². The van der Waals surface area contributed by atoms with Crippen LogP contribution in [0.1, 0.15) is 142 Å². The number of hydrogen-bond acceptors (Lipinski definition) is 11. The van der Waals surface area contributed by atoms with Gasteiger partial charge in [-0.25, -0.2) is 4.79 Å². The molecule has 0 N–H and O–H groups in total. The molecule has 0 unspecified atom stereocenters. The molecule has 0 saturated carbocycles. The summed E-state index contributed by atoms with van der Waals surface area (Å²) >= 11 is 20.6. The molecular formula is C35H54O2S9. The lowest BCUT2D eigenvalue weighted by atomic mass is 10.1. The van der Waals surface area contributed by atoms with Crippen molar-refractivity contribution in [2.45, 2.75) is 142 Å². The van der Waals surface area contributed by atoms with Gasteiger partial charge in [-0.15, -0.1) is 46.2 Å². The topological polar surface area (TPSA) is 26.3 Å². The predicted octanol–water partition coefficient (Wildman–Crippen LogP) is 14.1. The first-order valence-corrected chi connectivity index (χ1v) is 24.8. The molecule has 0 aliphatic carbocycles. The van der Waals surface area contributed by atoms with Crippen molar-refractivity contribution in [3.63, 3.8) is 0 Å². The van der Waals surface area contributed by atoms with Crippen LogP contribution < -0.4 is 8.38 Å². The Balaban J connectivity index is 1.51. The highest BCUT2D eigenvalue weighted by molar-refractivity contribution is 8.45. The summed E-state index contributed by atoms with van der Waals surface area (Å²) in [4.78, 5) is 12.7. The highest BCUT2D eigenvalue weighted by Gasteiger charge is 2.25. The average Bonchev–Trinajstić information content (AvgIpc) is 3.81. The largest absolute Gasteiger partial charge is 0.465 e. The molecule has 1 aromatic heterocycles. The molecule has 2 aliphatic heterocycles. The van der Waals surface area contributed by atoms with Gasteiger partial charge in [0.15, 0.2) is 0 Å². The van der Waals surface area contributed by atoms with Crippen molar-refractivity contribution in [2.24, 2.45) is 0 Å². The van der Waals surface area contributed by atoms with Crippen molar-refractivity contribution in [3.8, 4) is 0 Å². The monoisotopic (exact) mass is 794 g/mol. The van der Waals surface area contributed by atoms with Crippen molar-refractivity contribution < 1.29 is 9.53 Å². The van der Waals surface area contributed by atoms with Gasteiger partial charge in [-0.1, -0.05) is 189 Å². The van der Waals surface area contributed by atoms with Crippen LogP contribution in [0.4, 0.5) is 0 Å². The molecule has 46 heavy (non-hydrogen) atoms. The zero-order valence-corrected chi connectivity index (χ0v) is 35.5. The second-order valence-corrected chi connectivity index (χ2v) is 21.9. The minimum Gasteiger partial charge on any atom is -0.465 e. The molecule has 0 saturated heterocycles. The molecule has 3 heterocycles. The maximum atomic E-state index is 12.0. The second kappa shape index (κ2) is 25.9. The minimum atomic E-state index is -0.262. The number of esters is 1. The second-order valence-electron chi connectivity index (χ2n) is 11.7. The number of rotatable bonds is 25. The van der Waals surface area contributed by atoms with Crippen LogP contribution in [0.25, 0.3) is 8.47 Å². The highest BCUT2D eigenvalue weighted by atomic mass is 32.3. The van der Waals surface area contributed by atoms with E-state index in [1.807, 2.05) is 28.9 Å². The first-order chi connectivity index (χ1) is 22.6. The van der Waals surface area contributed by atoms with Crippen LogP contribution in [0.5, 0.6) is 0 Å². The maximum absolute atomic E-state index is 12.0. The third-order valence-electron chi connectivity index (χ3n) is 7.78. The zero-order valence-electron chi connectivity index (χ0n) is 28.1. The van der Waals surface area contributed by atoms with E-state index in [0.717, 1.165) is 8.06 Å². The molecule has 0 aromatic carbocycles. The van der Waals surface area contributed by atoms with E-state index < -0.39 is 0 Å². The Kier molecular flexibility index (Phi) is 23.4. The van der Waals surface area contributed by atoms with E-state index in [-0.39, 0.29) is 5.97 Å². The summed E-state index contributed by atoms with van der Waals surface area (Å²) in [6, 6.07) is 0. The standard InChI is InChI=1S/C35H54O2S9/c1-4-6-8-10-12-14-16-18-20-22-24-39-32-33(40-25-23-21-19-17-15-13-11-9-7-5-2)46-31(45-32)28-30(38)44-35(43-28)34-41-26-27(42-34)29(36)37-3/h26H,4-25H2,1-3H3/b35-34-. The molecule has 1 aromatic rings. The number of thioether (sulfide) groups is 6. The number of carbonyl (C=O) groups is 1. The molecule has 0 spiro atoms. The molecule has 2 aliphatic rings. The third kappa shape index (κ3) is 15.9. The fourth-order valence-electron chi connectivity index (χ4n) is 5.08. The number of unbranched alkanes of at least 4 members (excludes halogenated alkanes) is 18. The van der Waals surface area contributed by atoms with Gasteiger partial charge >= 0.3 is 5.97 Å². The van der Waals surface area contributed by atoms with Crippen LogP contribution in [0.3, 0.4) is 0 Å². The smallest absolute Gasteiger partial charge is 0.345 e. The third-order valence-corrected chi connectivity index (χ3v) is 19.6. The fraction of sp³-hybridized carbons (Fsp3) is 0.714. The molecular weight excluding hydrogens is 741 g/mol. The summed E-state index contributed by atoms with van der Waals surface area (Å²) in [5.74, 6) is 2.16. The minimum absolute atomic E-state index is 0.262. The number of ether oxygens (including phenoxy) is 1. The summed E-state index contributed by atoms with van der Waals surface area (Å²) in [6.07, 6.45) is 27.7. The van der Waals surface area contributed by atoms with Crippen LogP contribution in [-0.2, 0) is 9.53 Å². The molecule has 0 bridgehead atoms. The maximum Gasteiger partial charge on any atom is 0.345 e. The van der Waals surface area contributed by atoms with Gasteiger partial charge in [0.1, 0.15) is 12.6 Å². The van der Waals surface area contributed by atoms with Gasteiger partial charge in [0.2, 0.25) is 0 Å². The lowest BCUT2D eigenvalue weighted by Crippen LogP contribution is -2.00. The highest BCUT2D eigenvalue weighted by Crippen LogP contribution is 2.58. The summed E-state index contributed by atoms with van der Waals surface area (Å²) in [5, 5.41) is 1.90. The molecule has 2 nitrogen and oxygen atoms in total. The van der Waals surface area contributed by atoms with Crippen molar-refractivity contribution in [3.05, 3.63) is 31.0 Å². The molecule has 3 rings (SSSR count). The normalized spacial score (nSPS) is 16.2. The lowest BCUT2D eigenvalue weighted by molar-refractivity contribution is -0.135. The Morgan fingerprint density at radius 1 is 0.652 bits per heavy atom. The predicted molar refractivity (Wildman–Crippen MR) is 225 cm³/mol. The number of methoxy groups -OCH3 is 1. The van der Waals surface area contributed by atoms with Crippen LogP contribution in [-0.4, -0.2) is 24.6 Å². The Labute approximate surface area is 318 Å². The van der Waals surface area contributed by atoms with Crippen LogP contribution in [0.15, 0.2) is 18.8 Å². The molecule has 0 atom stereocenters. The molecule has 0 fully saturated rings. The first kappa shape index (κ1) is 41.5. The lowest BCUT2D eigenvalue weighted by Gasteiger charge is -2.06. The van der Waals surface area contributed by atoms with Crippen LogP contribution in [0, 0.1) is 3.82 Å². The average molecular weight is 795 g/mol. The van der Waals surface area contributed by atoms with Gasteiger partial charge in [-0.3, -0.25) is 0 Å². The molecule has 0 radical (unpaired) electrons. The zero-order chi connectivity index (χ0) is 32.8. The molecule has 11 heteroatoms. The van der Waals surface area contributed by atoms with Crippen molar-refractivity contribution in [1.29, 1.82) is 0 Å². The molecule has 260 valence electrons. The van der Waals surface area contributed by atoms with Crippen LogP contribution >= 0.6 is 105 Å². The van der Waals surface area contributed by atoms with Crippen molar-refractivity contribution in [1.82, 2.24) is 0 Å². The first-order valence-electron chi connectivity index (χ1n) is 17.4. The van der Waals surface area contributed by atoms with Gasteiger partial charge < -0.3 is 4.74 Å². The Morgan fingerprint density at radius 2 is 1.11 bits per heavy atom. The quantitative estimate of drug-likeness (QED) is 0.0545. The van der Waals surface area contributed by atoms with E-state index in [1.165, 1.54) is 180 Å². The van der Waals surface area contributed by atoms with Crippen molar-refractivity contribution >= 4 is 120 Å². The SMILES string of the molecule is CCCCCCCCCCCCSC1=C(SCCCCCCCCCCCC)SC(=c2s/c(=C3\SC=C(C(=O)OC)S3)sc2=S)S1. The summed E-state index contributed by atoms with van der Waals surface area (Å²) in [5.41, 5.74) is 0. The summed E-state index contributed by atoms with van der Waals surface area (Å²) in [7, 11) is 1.44. The Morgan fingerprint density at radius 3 is 1.57 bits per heavy atom. The van der Waals surface area contributed by atoms with Gasteiger partial charge in [0.25, 0.3) is 0 Å². The van der Waals surface area contributed by atoms with Crippen molar-refractivity contribution in [2.75, 3.05) is 18.6 Å². The number of hydrogen-bond donors (Lipinski definition) is 0. The van der Waals surface area contributed by atoms with Gasteiger partial charge in [-0.2, -0.15) is 0 Å².